The Morgan fingerprint density at radius 2 is 1.86 bits per heavy atom. The molecule has 2 heterocycles. The molecule has 3 aromatic carbocycles. The predicted octanol–water partition coefficient (Wildman–Crippen LogP) is 5.42. The van der Waals surface area contributed by atoms with Crippen LogP contribution in [0.4, 0.5) is 0 Å². The standard InChI is InChI=1S/C29H25N5O/c1-19-26-14-22(10-11-28(26)34-33-19)27-15-25(35-18-24(31)13-20-6-3-2-4-7-20)17-32-29(27)23-9-5-8-21(12-23)16-30/h2-12,14-15,17,24H,13,18,31H2,1H3,(H,33,34)/t24-/m1/s1. The highest BCUT2D eigenvalue weighted by molar-refractivity contribution is 5.90. The maximum atomic E-state index is 9.38. The summed E-state index contributed by atoms with van der Waals surface area (Å²) in [6.45, 7) is 2.35. The minimum absolute atomic E-state index is 0.141. The summed E-state index contributed by atoms with van der Waals surface area (Å²) < 4.78 is 6.08. The molecule has 3 N–H and O–H groups in total. The first-order valence-corrected chi connectivity index (χ1v) is 11.5. The van der Waals surface area contributed by atoms with E-state index in [1.54, 1.807) is 12.3 Å². The Bertz CT molecular complexity index is 1520. The third-order valence-electron chi connectivity index (χ3n) is 6.00. The van der Waals surface area contributed by atoms with Crippen LogP contribution >= 0.6 is 0 Å². The van der Waals surface area contributed by atoms with Gasteiger partial charge < -0.3 is 10.5 Å². The zero-order valence-corrected chi connectivity index (χ0v) is 19.4. The minimum Gasteiger partial charge on any atom is -0.490 e. The summed E-state index contributed by atoms with van der Waals surface area (Å²) in [5, 5.41) is 17.8. The van der Waals surface area contributed by atoms with Crippen LogP contribution < -0.4 is 10.5 Å². The fraction of sp³-hybridized carbons (Fsp3) is 0.138. The van der Waals surface area contributed by atoms with Crippen LogP contribution in [-0.4, -0.2) is 27.8 Å². The monoisotopic (exact) mass is 459 g/mol. The van der Waals surface area contributed by atoms with E-state index in [2.05, 4.69) is 34.5 Å². The number of rotatable bonds is 7. The number of nitriles is 1. The van der Waals surface area contributed by atoms with Gasteiger partial charge in [-0.1, -0.05) is 48.5 Å². The van der Waals surface area contributed by atoms with Crippen LogP contribution in [0.2, 0.25) is 0 Å². The molecule has 2 aromatic heterocycles. The van der Waals surface area contributed by atoms with Crippen LogP contribution in [0.1, 0.15) is 16.8 Å². The topological polar surface area (TPSA) is 101 Å². The predicted molar refractivity (Wildman–Crippen MR) is 138 cm³/mol. The maximum Gasteiger partial charge on any atom is 0.138 e. The number of nitrogens with two attached hydrogens (primary N) is 1. The Labute approximate surface area is 204 Å². The molecule has 0 radical (unpaired) electrons. The molecule has 0 spiro atoms. The van der Waals surface area contributed by atoms with Crippen LogP contribution in [0.15, 0.2) is 85.1 Å². The number of aryl methyl sites for hydroxylation is 1. The number of ether oxygens (including phenoxy) is 1. The van der Waals surface area contributed by atoms with Gasteiger partial charge in [0.25, 0.3) is 0 Å². The van der Waals surface area contributed by atoms with Crippen LogP contribution in [-0.2, 0) is 6.42 Å². The van der Waals surface area contributed by atoms with Crippen molar-refractivity contribution in [1.82, 2.24) is 15.2 Å². The second-order valence-electron chi connectivity index (χ2n) is 8.59. The molecule has 0 aliphatic rings. The van der Waals surface area contributed by atoms with Gasteiger partial charge in [-0.25, -0.2) is 0 Å². The lowest BCUT2D eigenvalue weighted by Crippen LogP contribution is -2.30. The van der Waals surface area contributed by atoms with Gasteiger partial charge in [-0.15, -0.1) is 0 Å². The molecule has 0 fully saturated rings. The van der Waals surface area contributed by atoms with Gasteiger partial charge in [-0.2, -0.15) is 10.4 Å². The van der Waals surface area contributed by atoms with Gasteiger partial charge >= 0.3 is 0 Å². The Morgan fingerprint density at radius 1 is 1.00 bits per heavy atom. The zero-order valence-electron chi connectivity index (χ0n) is 19.4. The number of pyridine rings is 1. The van der Waals surface area contributed by atoms with Crippen LogP contribution in [0.5, 0.6) is 5.75 Å². The van der Waals surface area contributed by atoms with E-state index in [1.165, 1.54) is 5.56 Å². The first-order chi connectivity index (χ1) is 17.1. The zero-order chi connectivity index (χ0) is 24.2. The van der Waals surface area contributed by atoms with Gasteiger partial charge in [-0.3, -0.25) is 10.1 Å². The molecule has 6 heteroatoms. The highest BCUT2D eigenvalue weighted by Crippen LogP contribution is 2.35. The molecule has 0 aliphatic carbocycles. The molecule has 1 atom stereocenters. The quantitative estimate of drug-likeness (QED) is 0.338. The van der Waals surface area contributed by atoms with Gasteiger partial charge in [0.05, 0.1) is 34.7 Å². The molecular formula is C29H25N5O. The van der Waals surface area contributed by atoms with Gasteiger partial charge in [0.1, 0.15) is 12.4 Å². The molecule has 0 unspecified atom stereocenters. The molecule has 0 aliphatic heterocycles. The molecule has 5 rings (SSSR count). The minimum atomic E-state index is -0.141. The summed E-state index contributed by atoms with van der Waals surface area (Å²) in [6, 6.07) is 27.9. The third-order valence-corrected chi connectivity index (χ3v) is 6.00. The molecule has 172 valence electrons. The van der Waals surface area contributed by atoms with E-state index in [1.807, 2.05) is 61.5 Å². The average molecular weight is 460 g/mol. The van der Waals surface area contributed by atoms with E-state index < -0.39 is 0 Å². The van der Waals surface area contributed by atoms with Crippen molar-refractivity contribution in [2.24, 2.45) is 5.73 Å². The van der Waals surface area contributed by atoms with E-state index in [-0.39, 0.29) is 6.04 Å². The van der Waals surface area contributed by atoms with Crippen molar-refractivity contribution in [3.63, 3.8) is 0 Å². The molecular weight excluding hydrogens is 434 g/mol. The number of nitrogens with zero attached hydrogens (tertiary/aromatic N) is 3. The Hall–Kier alpha value is -4.47. The lowest BCUT2D eigenvalue weighted by Gasteiger charge is -2.16. The van der Waals surface area contributed by atoms with Crippen LogP contribution in [0, 0.1) is 18.3 Å². The third kappa shape index (κ3) is 4.91. The fourth-order valence-corrected chi connectivity index (χ4v) is 4.20. The van der Waals surface area contributed by atoms with Crippen molar-refractivity contribution in [3.05, 3.63) is 102 Å². The number of H-pyrrole nitrogens is 1. The van der Waals surface area contributed by atoms with Crippen molar-refractivity contribution in [2.75, 3.05) is 6.61 Å². The summed E-state index contributed by atoms with van der Waals surface area (Å²) in [5.74, 6) is 0.646. The number of benzene rings is 3. The Balaban J connectivity index is 1.49. The first-order valence-electron chi connectivity index (χ1n) is 11.5. The molecule has 0 bridgehead atoms. The highest BCUT2D eigenvalue weighted by Gasteiger charge is 2.14. The molecule has 35 heavy (non-hydrogen) atoms. The van der Waals surface area contributed by atoms with Crippen molar-refractivity contribution in [3.8, 4) is 34.2 Å². The van der Waals surface area contributed by atoms with E-state index in [0.717, 1.165) is 45.4 Å². The number of aromatic amines is 1. The number of fused-ring (bicyclic) bond motifs is 1. The lowest BCUT2D eigenvalue weighted by atomic mass is 9.97. The fourth-order valence-electron chi connectivity index (χ4n) is 4.20. The largest absolute Gasteiger partial charge is 0.490 e. The van der Waals surface area contributed by atoms with Crippen LogP contribution in [0.3, 0.4) is 0 Å². The molecule has 5 aromatic rings. The van der Waals surface area contributed by atoms with Gasteiger partial charge in [0, 0.05) is 22.6 Å². The molecule has 0 saturated carbocycles. The average Bonchev–Trinajstić information content (AvgIpc) is 3.28. The van der Waals surface area contributed by atoms with Crippen molar-refractivity contribution in [2.45, 2.75) is 19.4 Å². The Kier molecular flexibility index (Phi) is 6.25. The lowest BCUT2D eigenvalue weighted by molar-refractivity contribution is 0.287. The van der Waals surface area contributed by atoms with E-state index >= 15 is 0 Å². The van der Waals surface area contributed by atoms with Crippen molar-refractivity contribution >= 4 is 10.9 Å². The Morgan fingerprint density at radius 3 is 2.69 bits per heavy atom. The molecule has 6 nitrogen and oxygen atoms in total. The summed E-state index contributed by atoms with van der Waals surface area (Å²) in [4.78, 5) is 4.75. The van der Waals surface area contributed by atoms with Crippen molar-refractivity contribution in [1.29, 1.82) is 5.26 Å². The van der Waals surface area contributed by atoms with E-state index in [0.29, 0.717) is 17.9 Å². The SMILES string of the molecule is Cc1n[nH]c2ccc(-c3cc(OC[C@H](N)Cc4ccccc4)cnc3-c3cccc(C#N)c3)cc12. The maximum absolute atomic E-state index is 9.38. The normalized spacial score (nSPS) is 11.8. The van der Waals surface area contributed by atoms with Gasteiger partial charge in [0.15, 0.2) is 0 Å². The van der Waals surface area contributed by atoms with Gasteiger partial charge in [0.2, 0.25) is 0 Å². The first kappa shape index (κ1) is 22.3. The van der Waals surface area contributed by atoms with E-state index in [4.69, 9.17) is 15.5 Å². The summed E-state index contributed by atoms with van der Waals surface area (Å²) in [7, 11) is 0. The highest BCUT2D eigenvalue weighted by atomic mass is 16.5. The number of hydrogen-bond acceptors (Lipinski definition) is 5. The summed E-state index contributed by atoms with van der Waals surface area (Å²) >= 11 is 0. The number of aromatic nitrogens is 3. The van der Waals surface area contributed by atoms with Gasteiger partial charge in [-0.05, 0) is 54.8 Å². The smallest absolute Gasteiger partial charge is 0.138 e. The second-order valence-corrected chi connectivity index (χ2v) is 8.59. The number of hydrogen-bond donors (Lipinski definition) is 2. The molecule has 0 amide bonds. The van der Waals surface area contributed by atoms with Crippen LogP contribution in [0.25, 0.3) is 33.3 Å². The molecule has 0 saturated heterocycles. The second kappa shape index (κ2) is 9.80. The summed E-state index contributed by atoms with van der Waals surface area (Å²) in [5.41, 5.74) is 13.6. The van der Waals surface area contributed by atoms with Crippen molar-refractivity contribution < 1.29 is 4.74 Å². The number of nitrogens with one attached hydrogen (secondary N) is 1. The van der Waals surface area contributed by atoms with E-state index in [9.17, 15) is 5.26 Å². The summed E-state index contributed by atoms with van der Waals surface area (Å²) in [6.07, 6.45) is 2.45.